The van der Waals surface area contributed by atoms with Crippen LogP contribution in [0.25, 0.3) is 0 Å². The number of benzene rings is 1. The van der Waals surface area contributed by atoms with Crippen molar-refractivity contribution < 1.29 is 0 Å². The molecule has 2 N–H and O–H groups in total. The number of nitrogens with one attached hydrogen (secondary N) is 2. The van der Waals surface area contributed by atoms with Gasteiger partial charge in [0.2, 0.25) is 0 Å². The summed E-state index contributed by atoms with van der Waals surface area (Å²) < 4.78 is 1.85. The Morgan fingerprint density at radius 2 is 2.11 bits per heavy atom. The Hall–Kier alpha value is -2.50. The van der Waals surface area contributed by atoms with Crippen molar-refractivity contribution in [1.29, 1.82) is 0 Å². The molecule has 0 aliphatic carbocycles. The maximum absolute atomic E-state index is 4.76. The summed E-state index contributed by atoms with van der Waals surface area (Å²) >= 11 is 0. The van der Waals surface area contributed by atoms with Gasteiger partial charge in [0, 0.05) is 51.2 Å². The molecule has 3 rings (SSSR count). The third kappa shape index (κ3) is 5.74. The average molecular weight is 369 g/mol. The van der Waals surface area contributed by atoms with Gasteiger partial charge in [0.15, 0.2) is 5.96 Å². The lowest BCUT2D eigenvalue weighted by atomic mass is 10.2. The minimum atomic E-state index is 0.433. The quantitative estimate of drug-likeness (QED) is 0.448. The molecule has 2 aromatic rings. The summed E-state index contributed by atoms with van der Waals surface area (Å²) in [6, 6.07) is 9.24. The molecule has 146 valence electrons. The van der Waals surface area contributed by atoms with Crippen LogP contribution < -0.4 is 15.5 Å². The van der Waals surface area contributed by atoms with Crippen LogP contribution in [0.15, 0.2) is 41.7 Å². The molecular weight excluding hydrogens is 336 g/mol. The molecule has 1 unspecified atom stereocenters. The standard InChI is InChI=1S/C21H32N6/c1-4-22-21(23-12-5-6-18-14-24-26(3)15-18)25-19-11-13-27(16-19)20-9-7-17(2)8-10-20/h7-10,14-15,19H,4-6,11-13,16H2,1-3H3,(H2,22,23,25). The van der Waals surface area contributed by atoms with Gasteiger partial charge in [-0.05, 0) is 50.8 Å². The molecule has 1 saturated heterocycles. The molecule has 6 nitrogen and oxygen atoms in total. The van der Waals surface area contributed by atoms with Gasteiger partial charge in [-0.2, -0.15) is 5.10 Å². The first-order valence-corrected chi connectivity index (χ1v) is 9.98. The molecule has 6 heteroatoms. The van der Waals surface area contributed by atoms with Crippen LogP contribution in [0.3, 0.4) is 0 Å². The second-order valence-corrected chi connectivity index (χ2v) is 7.30. The monoisotopic (exact) mass is 368 g/mol. The van der Waals surface area contributed by atoms with E-state index in [1.165, 1.54) is 16.8 Å². The average Bonchev–Trinajstić information content (AvgIpc) is 3.28. The largest absolute Gasteiger partial charge is 0.369 e. The molecule has 27 heavy (non-hydrogen) atoms. The second kappa shape index (κ2) is 9.44. The number of nitrogens with zero attached hydrogens (tertiary/aromatic N) is 4. The zero-order valence-electron chi connectivity index (χ0n) is 16.8. The molecule has 1 aliphatic rings. The summed E-state index contributed by atoms with van der Waals surface area (Å²) in [6.07, 6.45) is 7.19. The highest BCUT2D eigenvalue weighted by atomic mass is 15.2. The molecule has 0 saturated carbocycles. The van der Waals surface area contributed by atoms with Crippen LogP contribution in [-0.2, 0) is 13.5 Å². The molecule has 1 aliphatic heterocycles. The molecule has 0 amide bonds. The SMILES string of the molecule is CCNC(=NCCCc1cnn(C)c1)NC1CCN(c2ccc(C)cc2)C1. The van der Waals surface area contributed by atoms with Gasteiger partial charge < -0.3 is 15.5 Å². The summed E-state index contributed by atoms with van der Waals surface area (Å²) in [4.78, 5) is 7.20. The number of aliphatic imine (C=N–C) groups is 1. The van der Waals surface area contributed by atoms with Crippen LogP contribution in [-0.4, -0.2) is 48.0 Å². The zero-order valence-corrected chi connectivity index (χ0v) is 16.8. The van der Waals surface area contributed by atoms with Crippen LogP contribution in [0.1, 0.15) is 30.9 Å². The highest BCUT2D eigenvalue weighted by Crippen LogP contribution is 2.20. The smallest absolute Gasteiger partial charge is 0.191 e. The van der Waals surface area contributed by atoms with E-state index in [0.29, 0.717) is 6.04 Å². The Morgan fingerprint density at radius 3 is 2.81 bits per heavy atom. The number of guanidine groups is 1. The lowest BCUT2D eigenvalue weighted by Gasteiger charge is -2.20. The van der Waals surface area contributed by atoms with E-state index >= 15 is 0 Å². The van der Waals surface area contributed by atoms with E-state index in [-0.39, 0.29) is 0 Å². The molecule has 2 heterocycles. The molecular formula is C21H32N6. The summed E-state index contributed by atoms with van der Waals surface area (Å²) in [5, 5.41) is 11.2. The van der Waals surface area contributed by atoms with E-state index in [1.54, 1.807) is 0 Å². The molecule has 0 spiro atoms. The lowest BCUT2D eigenvalue weighted by Crippen LogP contribution is -2.44. The van der Waals surface area contributed by atoms with Gasteiger partial charge in [-0.3, -0.25) is 9.67 Å². The fourth-order valence-electron chi connectivity index (χ4n) is 3.46. The highest BCUT2D eigenvalue weighted by molar-refractivity contribution is 5.80. The normalized spacial score (nSPS) is 17.4. The van der Waals surface area contributed by atoms with E-state index in [4.69, 9.17) is 4.99 Å². The van der Waals surface area contributed by atoms with E-state index < -0.39 is 0 Å². The molecule has 1 aromatic carbocycles. The third-order valence-electron chi connectivity index (χ3n) is 4.92. The van der Waals surface area contributed by atoms with Crippen LogP contribution in [0.5, 0.6) is 0 Å². The van der Waals surface area contributed by atoms with Crippen molar-refractivity contribution in [2.75, 3.05) is 31.1 Å². The first-order chi connectivity index (χ1) is 13.1. The predicted octanol–water partition coefficient (Wildman–Crippen LogP) is 2.50. The fourth-order valence-corrected chi connectivity index (χ4v) is 3.46. The molecule has 1 fully saturated rings. The van der Waals surface area contributed by atoms with Crippen molar-refractivity contribution in [2.24, 2.45) is 12.0 Å². The van der Waals surface area contributed by atoms with Crippen LogP contribution in [0, 0.1) is 6.92 Å². The topological polar surface area (TPSA) is 57.5 Å². The number of aryl methyl sites for hydroxylation is 3. The van der Waals surface area contributed by atoms with Gasteiger partial charge in [-0.1, -0.05) is 17.7 Å². The Morgan fingerprint density at radius 1 is 1.30 bits per heavy atom. The fraction of sp³-hybridized carbons (Fsp3) is 0.524. The molecule has 1 atom stereocenters. The molecule has 1 aromatic heterocycles. The molecule has 0 bridgehead atoms. The molecule has 0 radical (unpaired) electrons. The van der Waals surface area contributed by atoms with Crippen molar-refractivity contribution in [2.45, 2.75) is 39.2 Å². The number of hydrogen-bond donors (Lipinski definition) is 2. The van der Waals surface area contributed by atoms with Crippen molar-refractivity contribution in [1.82, 2.24) is 20.4 Å². The van der Waals surface area contributed by atoms with Crippen molar-refractivity contribution in [3.8, 4) is 0 Å². The van der Waals surface area contributed by atoms with Crippen molar-refractivity contribution in [3.05, 3.63) is 47.8 Å². The number of hydrogen-bond acceptors (Lipinski definition) is 3. The predicted molar refractivity (Wildman–Crippen MR) is 112 cm³/mol. The highest BCUT2D eigenvalue weighted by Gasteiger charge is 2.23. The Kier molecular flexibility index (Phi) is 6.74. The number of anilines is 1. The van der Waals surface area contributed by atoms with Gasteiger partial charge in [-0.25, -0.2) is 0 Å². The van der Waals surface area contributed by atoms with E-state index in [2.05, 4.69) is 64.9 Å². The van der Waals surface area contributed by atoms with Crippen LogP contribution in [0.4, 0.5) is 5.69 Å². The number of rotatable bonds is 7. The third-order valence-corrected chi connectivity index (χ3v) is 4.92. The van der Waals surface area contributed by atoms with Gasteiger partial charge in [-0.15, -0.1) is 0 Å². The van der Waals surface area contributed by atoms with Gasteiger partial charge in [0.05, 0.1) is 6.20 Å². The van der Waals surface area contributed by atoms with E-state index in [0.717, 1.165) is 51.4 Å². The Labute approximate surface area is 162 Å². The summed E-state index contributed by atoms with van der Waals surface area (Å²) in [5.41, 5.74) is 3.89. The maximum Gasteiger partial charge on any atom is 0.191 e. The van der Waals surface area contributed by atoms with E-state index in [9.17, 15) is 0 Å². The van der Waals surface area contributed by atoms with Gasteiger partial charge in [0.25, 0.3) is 0 Å². The van der Waals surface area contributed by atoms with Gasteiger partial charge >= 0.3 is 0 Å². The van der Waals surface area contributed by atoms with E-state index in [1.807, 2.05) is 17.9 Å². The summed E-state index contributed by atoms with van der Waals surface area (Å²) in [6.45, 7) is 8.04. The Balaban J connectivity index is 1.47. The van der Waals surface area contributed by atoms with Gasteiger partial charge in [0.1, 0.15) is 0 Å². The summed E-state index contributed by atoms with van der Waals surface area (Å²) in [5.74, 6) is 0.930. The minimum Gasteiger partial charge on any atom is -0.369 e. The zero-order chi connectivity index (χ0) is 19.1. The summed E-state index contributed by atoms with van der Waals surface area (Å²) in [7, 11) is 1.95. The minimum absolute atomic E-state index is 0.433. The Bertz CT molecular complexity index is 733. The first kappa shape index (κ1) is 19.3. The van der Waals surface area contributed by atoms with Crippen LogP contribution >= 0.6 is 0 Å². The van der Waals surface area contributed by atoms with Crippen LogP contribution in [0.2, 0.25) is 0 Å². The lowest BCUT2D eigenvalue weighted by molar-refractivity contribution is 0.647. The first-order valence-electron chi connectivity index (χ1n) is 9.98. The maximum atomic E-state index is 4.76. The van der Waals surface area contributed by atoms with Crippen molar-refractivity contribution >= 4 is 11.6 Å². The van der Waals surface area contributed by atoms with Crippen molar-refractivity contribution in [3.63, 3.8) is 0 Å². The second-order valence-electron chi connectivity index (χ2n) is 7.30. The number of aromatic nitrogens is 2.